The summed E-state index contributed by atoms with van der Waals surface area (Å²) >= 11 is 0. The van der Waals surface area contributed by atoms with Crippen molar-refractivity contribution in [1.29, 1.82) is 0 Å². The molecule has 0 bridgehead atoms. The number of rotatable bonds is 9. The molecule has 2 aromatic rings. The van der Waals surface area contributed by atoms with Crippen molar-refractivity contribution in [3.63, 3.8) is 0 Å². The highest BCUT2D eigenvalue weighted by Crippen LogP contribution is 2.36. The summed E-state index contributed by atoms with van der Waals surface area (Å²) in [6.45, 7) is 6.80. The summed E-state index contributed by atoms with van der Waals surface area (Å²) in [5.74, 6) is 0.953. The summed E-state index contributed by atoms with van der Waals surface area (Å²) < 4.78 is 11.7. The first-order chi connectivity index (χ1) is 14.8. The molecule has 2 saturated heterocycles. The lowest BCUT2D eigenvalue weighted by Gasteiger charge is -2.38. The summed E-state index contributed by atoms with van der Waals surface area (Å²) in [5, 5.41) is 3.55. The standard InChI is InChI=1S/C24H34N4O2/c25-22-18-26-11-8-23(22)27-19-24(9-16-29-17-10-24)20-4-6-21(7-5-20)30-15-3-14-28-12-1-2-13-28/h4-8,11,18H,1-3,9-10,12-17,19,25H2,(H,26,27). The van der Waals surface area contributed by atoms with Crippen molar-refractivity contribution >= 4 is 11.4 Å². The third-order valence-electron chi connectivity index (χ3n) is 6.47. The molecule has 1 aromatic heterocycles. The monoisotopic (exact) mass is 410 g/mol. The summed E-state index contributed by atoms with van der Waals surface area (Å²) in [6.07, 6.45) is 9.21. The molecule has 0 aliphatic carbocycles. The number of nitrogens with two attached hydrogens (primary N) is 1. The van der Waals surface area contributed by atoms with E-state index in [1.807, 2.05) is 6.07 Å². The topological polar surface area (TPSA) is 72.6 Å². The van der Waals surface area contributed by atoms with Crippen LogP contribution in [0.15, 0.2) is 42.7 Å². The molecule has 4 rings (SSSR count). The minimum atomic E-state index is 0.0300. The molecular formula is C24H34N4O2. The van der Waals surface area contributed by atoms with Crippen LogP contribution in [-0.2, 0) is 10.2 Å². The van der Waals surface area contributed by atoms with Crippen molar-refractivity contribution < 1.29 is 9.47 Å². The molecule has 3 N–H and O–H groups in total. The molecule has 0 amide bonds. The van der Waals surface area contributed by atoms with E-state index in [0.29, 0.717) is 5.69 Å². The second-order valence-corrected chi connectivity index (χ2v) is 8.48. The molecule has 1 aromatic carbocycles. The molecule has 6 heteroatoms. The maximum atomic E-state index is 6.07. The number of nitrogen functional groups attached to an aromatic ring is 1. The molecule has 0 atom stereocenters. The molecule has 2 aliphatic heterocycles. The fourth-order valence-electron chi connectivity index (χ4n) is 4.55. The van der Waals surface area contributed by atoms with Crippen LogP contribution in [0.5, 0.6) is 5.75 Å². The molecular weight excluding hydrogens is 376 g/mol. The van der Waals surface area contributed by atoms with Crippen LogP contribution in [0, 0.1) is 0 Å². The molecule has 0 radical (unpaired) electrons. The maximum Gasteiger partial charge on any atom is 0.119 e. The first-order valence-electron chi connectivity index (χ1n) is 11.2. The van der Waals surface area contributed by atoms with Crippen LogP contribution >= 0.6 is 0 Å². The van der Waals surface area contributed by atoms with Gasteiger partial charge in [0.2, 0.25) is 0 Å². The summed E-state index contributed by atoms with van der Waals surface area (Å²) in [7, 11) is 0. The van der Waals surface area contributed by atoms with Crippen LogP contribution in [-0.4, -0.2) is 55.9 Å². The molecule has 2 aliphatic rings. The summed E-state index contributed by atoms with van der Waals surface area (Å²) in [4.78, 5) is 6.61. The van der Waals surface area contributed by atoms with Gasteiger partial charge >= 0.3 is 0 Å². The van der Waals surface area contributed by atoms with Crippen LogP contribution in [0.25, 0.3) is 0 Å². The van der Waals surface area contributed by atoms with E-state index in [0.717, 1.165) is 63.6 Å². The van der Waals surface area contributed by atoms with Gasteiger partial charge in [0.05, 0.1) is 24.2 Å². The third-order valence-corrected chi connectivity index (χ3v) is 6.47. The Bertz CT molecular complexity index is 784. The van der Waals surface area contributed by atoms with Crippen LogP contribution in [0.2, 0.25) is 0 Å². The molecule has 0 spiro atoms. The zero-order chi connectivity index (χ0) is 20.7. The van der Waals surface area contributed by atoms with Crippen molar-refractivity contribution in [3.8, 4) is 5.75 Å². The van der Waals surface area contributed by atoms with E-state index < -0.39 is 0 Å². The highest BCUT2D eigenvalue weighted by Gasteiger charge is 2.34. The Balaban J connectivity index is 1.35. The Hall–Kier alpha value is -2.31. The minimum Gasteiger partial charge on any atom is -0.494 e. The number of nitrogens with one attached hydrogen (secondary N) is 1. The molecule has 6 nitrogen and oxygen atoms in total. The van der Waals surface area contributed by atoms with Crippen molar-refractivity contribution in [2.24, 2.45) is 0 Å². The molecule has 30 heavy (non-hydrogen) atoms. The lowest BCUT2D eigenvalue weighted by molar-refractivity contribution is 0.0544. The Labute approximate surface area is 179 Å². The van der Waals surface area contributed by atoms with Crippen molar-refractivity contribution in [3.05, 3.63) is 48.3 Å². The molecule has 0 unspecified atom stereocenters. The van der Waals surface area contributed by atoms with E-state index >= 15 is 0 Å². The highest BCUT2D eigenvalue weighted by atomic mass is 16.5. The van der Waals surface area contributed by atoms with Gasteiger partial charge in [-0.15, -0.1) is 0 Å². The van der Waals surface area contributed by atoms with E-state index in [2.05, 4.69) is 39.5 Å². The number of anilines is 2. The first kappa shape index (κ1) is 20.9. The quantitative estimate of drug-likeness (QED) is 0.615. The van der Waals surface area contributed by atoms with Gasteiger partial charge in [0.25, 0.3) is 0 Å². The van der Waals surface area contributed by atoms with Crippen LogP contribution in [0.3, 0.4) is 0 Å². The van der Waals surface area contributed by atoms with Gasteiger partial charge in [0.15, 0.2) is 0 Å². The first-order valence-corrected chi connectivity index (χ1v) is 11.2. The Morgan fingerprint density at radius 1 is 1.10 bits per heavy atom. The van der Waals surface area contributed by atoms with E-state index in [1.165, 1.54) is 31.5 Å². The van der Waals surface area contributed by atoms with Gasteiger partial charge in [0, 0.05) is 37.9 Å². The van der Waals surface area contributed by atoms with Crippen LogP contribution in [0.1, 0.15) is 37.7 Å². The van der Waals surface area contributed by atoms with Gasteiger partial charge in [-0.3, -0.25) is 4.98 Å². The largest absolute Gasteiger partial charge is 0.494 e. The number of nitrogens with zero attached hydrogens (tertiary/aromatic N) is 2. The number of benzene rings is 1. The molecule has 3 heterocycles. The van der Waals surface area contributed by atoms with Gasteiger partial charge < -0.3 is 25.4 Å². The van der Waals surface area contributed by atoms with Gasteiger partial charge in [0.1, 0.15) is 5.75 Å². The second-order valence-electron chi connectivity index (χ2n) is 8.48. The predicted molar refractivity (Wildman–Crippen MR) is 121 cm³/mol. The van der Waals surface area contributed by atoms with E-state index in [4.69, 9.17) is 15.2 Å². The van der Waals surface area contributed by atoms with Crippen molar-refractivity contribution in [1.82, 2.24) is 9.88 Å². The fourth-order valence-corrected chi connectivity index (χ4v) is 4.55. The van der Waals surface area contributed by atoms with E-state index in [1.54, 1.807) is 12.4 Å². The average molecular weight is 411 g/mol. The van der Waals surface area contributed by atoms with Gasteiger partial charge in [-0.1, -0.05) is 12.1 Å². The molecule has 0 saturated carbocycles. The van der Waals surface area contributed by atoms with Gasteiger partial charge in [-0.25, -0.2) is 0 Å². The Morgan fingerprint density at radius 2 is 1.87 bits per heavy atom. The lowest BCUT2D eigenvalue weighted by atomic mass is 9.74. The number of aromatic nitrogens is 1. The maximum absolute atomic E-state index is 6.07. The lowest BCUT2D eigenvalue weighted by Crippen LogP contribution is -2.40. The van der Waals surface area contributed by atoms with Crippen LogP contribution in [0.4, 0.5) is 11.4 Å². The van der Waals surface area contributed by atoms with Gasteiger partial charge in [-0.05, 0) is 69.0 Å². The van der Waals surface area contributed by atoms with Crippen molar-refractivity contribution in [2.45, 2.75) is 37.5 Å². The third kappa shape index (κ3) is 5.24. The number of ether oxygens (including phenoxy) is 2. The minimum absolute atomic E-state index is 0.0300. The number of hydrogen-bond acceptors (Lipinski definition) is 6. The summed E-state index contributed by atoms with van der Waals surface area (Å²) in [5.41, 5.74) is 9.04. The molecule has 162 valence electrons. The molecule has 2 fully saturated rings. The fraction of sp³-hybridized carbons (Fsp3) is 0.542. The summed E-state index contributed by atoms with van der Waals surface area (Å²) in [6, 6.07) is 10.6. The second kappa shape index (κ2) is 10.1. The number of hydrogen-bond donors (Lipinski definition) is 2. The normalized spacial score (nSPS) is 18.9. The smallest absolute Gasteiger partial charge is 0.119 e. The van der Waals surface area contributed by atoms with E-state index in [9.17, 15) is 0 Å². The Kier molecular flexibility index (Phi) is 7.07. The van der Waals surface area contributed by atoms with Gasteiger partial charge in [-0.2, -0.15) is 0 Å². The SMILES string of the molecule is Nc1cnccc1NCC1(c2ccc(OCCCN3CCCC3)cc2)CCOCC1. The van der Waals surface area contributed by atoms with Crippen LogP contribution < -0.4 is 15.8 Å². The zero-order valence-electron chi connectivity index (χ0n) is 17.8. The van der Waals surface area contributed by atoms with E-state index in [-0.39, 0.29) is 5.41 Å². The highest BCUT2D eigenvalue weighted by molar-refractivity contribution is 5.64. The number of likely N-dealkylation sites (tertiary alicyclic amines) is 1. The average Bonchev–Trinajstić information content (AvgIpc) is 3.31. The van der Waals surface area contributed by atoms with Crippen molar-refractivity contribution in [2.75, 3.05) is 57.1 Å². The Morgan fingerprint density at radius 3 is 2.60 bits per heavy atom. The zero-order valence-corrected chi connectivity index (χ0v) is 17.8. The predicted octanol–water partition coefficient (Wildman–Crippen LogP) is 3.69. The number of pyridine rings is 1.